The third-order valence-electron chi connectivity index (χ3n) is 3.28. The fraction of sp³-hybridized carbons (Fsp3) is 0.286. The molecule has 3 nitrogen and oxygen atoms in total. The molecule has 1 aliphatic heterocycles. The summed E-state index contributed by atoms with van der Waals surface area (Å²) in [4.78, 5) is 10.8. The molecule has 0 atom stereocenters. The van der Waals surface area contributed by atoms with Crippen molar-refractivity contribution < 1.29 is 0 Å². The van der Waals surface area contributed by atoms with Gasteiger partial charge < -0.3 is 0 Å². The highest BCUT2D eigenvalue weighted by atomic mass is 35.5. The highest BCUT2D eigenvalue weighted by Gasteiger charge is 2.19. The first-order chi connectivity index (χ1) is 8.83. The van der Waals surface area contributed by atoms with Gasteiger partial charge in [-0.3, -0.25) is 4.90 Å². The summed E-state index contributed by atoms with van der Waals surface area (Å²) >= 11 is 6.08. The number of hydrogen-bond donors (Lipinski definition) is 0. The largest absolute Gasteiger partial charge is 0.293 e. The Morgan fingerprint density at radius 2 is 1.85 bits per heavy atom. The molecule has 1 aromatic heterocycles. The summed E-state index contributed by atoms with van der Waals surface area (Å²) in [5, 5.41) is 0.611. The third kappa shape index (κ3) is 3.83. The minimum Gasteiger partial charge on any atom is -0.293 e. The smallest absolute Gasteiger partial charge is 0.135 e. The van der Waals surface area contributed by atoms with Crippen molar-refractivity contribution in [1.29, 1.82) is 0 Å². The van der Waals surface area contributed by atoms with E-state index < -0.39 is 0 Å². The number of nitrogens with zero attached hydrogens (tertiary/aromatic N) is 3. The summed E-state index contributed by atoms with van der Waals surface area (Å²) in [6.07, 6.45) is 2.48. The summed E-state index contributed by atoms with van der Waals surface area (Å²) < 4.78 is 0. The maximum atomic E-state index is 6.08. The van der Waals surface area contributed by atoms with Crippen LogP contribution in [0.3, 0.4) is 0 Å². The van der Waals surface area contributed by atoms with Gasteiger partial charge in [0.15, 0.2) is 0 Å². The van der Waals surface area contributed by atoms with Crippen LogP contribution in [0.1, 0.15) is 16.8 Å². The highest BCUT2D eigenvalue weighted by Crippen LogP contribution is 2.23. The van der Waals surface area contributed by atoms with Gasteiger partial charge in [-0.05, 0) is 12.0 Å². The molecule has 1 aromatic carbocycles. The zero-order valence-electron chi connectivity index (χ0n) is 10.8. The van der Waals surface area contributed by atoms with Crippen LogP contribution in [-0.2, 0) is 19.5 Å². The van der Waals surface area contributed by atoms with Crippen molar-refractivity contribution in [3.05, 3.63) is 58.6 Å². The van der Waals surface area contributed by atoms with Crippen molar-refractivity contribution in [2.75, 3.05) is 6.54 Å². The molecule has 0 N–H and O–H groups in total. The normalized spacial score (nSPS) is 13.8. The van der Waals surface area contributed by atoms with E-state index in [1.165, 1.54) is 5.56 Å². The summed E-state index contributed by atoms with van der Waals surface area (Å²) in [5.74, 6) is 0. The predicted octanol–water partition coefficient (Wildman–Crippen LogP) is 3.53. The fourth-order valence-corrected chi connectivity index (χ4v) is 2.59. The number of rotatable bonds is 2. The van der Waals surface area contributed by atoms with Crippen molar-refractivity contribution in [2.45, 2.75) is 19.5 Å². The van der Waals surface area contributed by atoms with Crippen molar-refractivity contribution in [1.82, 2.24) is 14.9 Å². The van der Waals surface area contributed by atoms with E-state index in [0.717, 1.165) is 37.3 Å². The third-order valence-corrected chi connectivity index (χ3v) is 3.61. The Labute approximate surface area is 136 Å². The van der Waals surface area contributed by atoms with Crippen LogP contribution in [0.4, 0.5) is 0 Å². The Hall–Kier alpha value is -0.870. The lowest BCUT2D eigenvalue weighted by molar-refractivity contribution is 0.241. The van der Waals surface area contributed by atoms with Gasteiger partial charge in [-0.25, -0.2) is 9.97 Å². The molecule has 0 bridgehead atoms. The van der Waals surface area contributed by atoms with E-state index in [1.807, 2.05) is 6.07 Å². The average Bonchev–Trinajstić information content (AvgIpc) is 2.40. The van der Waals surface area contributed by atoms with Gasteiger partial charge in [0.25, 0.3) is 0 Å². The van der Waals surface area contributed by atoms with Crippen LogP contribution in [-0.4, -0.2) is 21.4 Å². The van der Waals surface area contributed by atoms with Crippen molar-refractivity contribution in [2.24, 2.45) is 0 Å². The van der Waals surface area contributed by atoms with Crippen LogP contribution >= 0.6 is 36.4 Å². The van der Waals surface area contributed by atoms with Gasteiger partial charge >= 0.3 is 0 Å². The van der Waals surface area contributed by atoms with E-state index in [1.54, 1.807) is 6.33 Å². The van der Waals surface area contributed by atoms with Gasteiger partial charge in [0, 0.05) is 25.2 Å². The monoisotopic (exact) mass is 331 g/mol. The second-order valence-electron chi connectivity index (χ2n) is 4.54. The van der Waals surface area contributed by atoms with Crippen LogP contribution in [0, 0.1) is 0 Å². The molecule has 2 heterocycles. The van der Waals surface area contributed by atoms with Gasteiger partial charge in [-0.2, -0.15) is 0 Å². The molecule has 3 rings (SSSR count). The quantitative estimate of drug-likeness (QED) is 0.788. The standard InChI is InChI=1S/C14H14ClN3.2ClH/c15-14-12-6-7-18(9-13(12)16-10-17-14)8-11-4-2-1-3-5-11;;/h1-5,10H,6-9H2;2*1H. The highest BCUT2D eigenvalue weighted by molar-refractivity contribution is 6.30. The second kappa shape index (κ2) is 7.79. The molecule has 0 radical (unpaired) electrons. The SMILES string of the molecule is Cl.Cl.Clc1ncnc2c1CCN(Cc1ccccc1)C2. The van der Waals surface area contributed by atoms with E-state index in [-0.39, 0.29) is 24.8 Å². The Morgan fingerprint density at radius 3 is 2.60 bits per heavy atom. The van der Waals surface area contributed by atoms with E-state index in [9.17, 15) is 0 Å². The average molecular weight is 333 g/mol. The Morgan fingerprint density at radius 1 is 1.10 bits per heavy atom. The Bertz CT molecular complexity index is 549. The lowest BCUT2D eigenvalue weighted by atomic mass is 10.1. The van der Waals surface area contributed by atoms with Crippen molar-refractivity contribution in [3.63, 3.8) is 0 Å². The molecule has 6 heteroatoms. The van der Waals surface area contributed by atoms with Gasteiger partial charge in [-0.15, -0.1) is 24.8 Å². The topological polar surface area (TPSA) is 29.0 Å². The summed E-state index contributed by atoms with van der Waals surface area (Å²) in [6, 6.07) is 10.5. The fourth-order valence-electron chi connectivity index (χ4n) is 2.35. The molecular formula is C14H16Cl3N3. The molecule has 0 saturated heterocycles. The first-order valence-electron chi connectivity index (χ1n) is 6.07. The van der Waals surface area contributed by atoms with E-state index in [4.69, 9.17) is 11.6 Å². The summed E-state index contributed by atoms with van der Waals surface area (Å²) in [6.45, 7) is 2.82. The maximum absolute atomic E-state index is 6.08. The van der Waals surface area contributed by atoms with Crippen LogP contribution in [0.5, 0.6) is 0 Å². The number of fused-ring (bicyclic) bond motifs is 1. The molecule has 2 aromatic rings. The molecule has 0 unspecified atom stereocenters. The lowest BCUT2D eigenvalue weighted by Gasteiger charge is -2.28. The first kappa shape index (κ1) is 17.2. The van der Waals surface area contributed by atoms with Crippen molar-refractivity contribution in [3.8, 4) is 0 Å². The van der Waals surface area contributed by atoms with Gasteiger partial charge in [0.2, 0.25) is 0 Å². The zero-order valence-corrected chi connectivity index (χ0v) is 13.2. The molecule has 0 amide bonds. The molecule has 0 saturated carbocycles. The van der Waals surface area contributed by atoms with E-state index in [2.05, 4.69) is 39.1 Å². The maximum Gasteiger partial charge on any atom is 0.135 e. The molecule has 0 aliphatic carbocycles. The minimum atomic E-state index is 0. The van der Waals surface area contributed by atoms with E-state index in [0.29, 0.717) is 5.15 Å². The van der Waals surface area contributed by atoms with Gasteiger partial charge in [0.1, 0.15) is 11.5 Å². The Balaban J connectivity index is 0.000001000. The number of aromatic nitrogens is 2. The number of benzene rings is 1. The minimum absolute atomic E-state index is 0. The summed E-state index contributed by atoms with van der Waals surface area (Å²) in [7, 11) is 0. The molecule has 108 valence electrons. The number of hydrogen-bond acceptors (Lipinski definition) is 3. The van der Waals surface area contributed by atoms with Crippen LogP contribution in [0.15, 0.2) is 36.7 Å². The summed E-state index contributed by atoms with van der Waals surface area (Å²) in [5.41, 5.74) is 3.52. The second-order valence-corrected chi connectivity index (χ2v) is 4.89. The molecule has 0 fully saturated rings. The predicted molar refractivity (Wildman–Crippen MR) is 85.8 cm³/mol. The van der Waals surface area contributed by atoms with Crippen molar-refractivity contribution >= 4 is 36.4 Å². The molecule has 20 heavy (non-hydrogen) atoms. The Kier molecular flexibility index (Phi) is 6.69. The van der Waals surface area contributed by atoms with Gasteiger partial charge in [-0.1, -0.05) is 41.9 Å². The number of halogens is 3. The van der Waals surface area contributed by atoms with Crippen LogP contribution < -0.4 is 0 Å². The van der Waals surface area contributed by atoms with Crippen LogP contribution in [0.2, 0.25) is 5.15 Å². The van der Waals surface area contributed by atoms with Crippen LogP contribution in [0.25, 0.3) is 0 Å². The lowest BCUT2D eigenvalue weighted by Crippen LogP contribution is -2.31. The first-order valence-corrected chi connectivity index (χ1v) is 6.45. The molecule has 0 spiro atoms. The van der Waals surface area contributed by atoms with E-state index >= 15 is 0 Å². The molecule has 1 aliphatic rings. The zero-order chi connectivity index (χ0) is 12.4. The van der Waals surface area contributed by atoms with Gasteiger partial charge in [0.05, 0.1) is 5.69 Å². The molecular weight excluding hydrogens is 317 g/mol.